The van der Waals surface area contributed by atoms with Crippen molar-refractivity contribution in [2.45, 2.75) is 0 Å². The zero-order chi connectivity index (χ0) is 12.2. The molecule has 1 aromatic rings. The van der Waals surface area contributed by atoms with Gasteiger partial charge < -0.3 is 0 Å². The molecule has 0 fully saturated rings. The quantitative estimate of drug-likeness (QED) is 0.510. The molecule has 0 radical (unpaired) electrons. The number of hydrogen-bond acceptors (Lipinski definition) is 2. The van der Waals surface area contributed by atoms with Crippen LogP contribution in [0.3, 0.4) is 0 Å². The first-order valence-corrected chi connectivity index (χ1v) is 6.52. The van der Waals surface area contributed by atoms with Crippen LogP contribution in [-0.4, -0.2) is 3.69 Å². The standard InChI is InChI=1S/C8H8O.C4H6.H2O.O.Ti/c9-7-6-8-4-2-1-3-5-8;1-3-4-2;;;/h1-7,9H;3-4H,1-2H2;1H2;;/q;;;;+2/p-2. The van der Waals surface area contributed by atoms with Crippen LogP contribution in [0.2, 0.25) is 0 Å². The van der Waals surface area contributed by atoms with Crippen LogP contribution in [0.1, 0.15) is 5.56 Å². The predicted molar refractivity (Wildman–Crippen MR) is 59.9 cm³/mol. The molecule has 1 N–H and O–H groups in total. The van der Waals surface area contributed by atoms with Crippen molar-refractivity contribution in [2.24, 2.45) is 0 Å². The summed E-state index contributed by atoms with van der Waals surface area (Å²) in [5, 5.41) is 0. The molecule has 0 aliphatic rings. The molecule has 4 heteroatoms. The first-order chi connectivity index (χ1) is 7.70. The topological polar surface area (TPSA) is 46.5 Å². The van der Waals surface area contributed by atoms with Crippen LogP contribution >= 0.6 is 0 Å². The molecule has 0 spiro atoms. The van der Waals surface area contributed by atoms with Crippen LogP contribution in [0.15, 0.2) is 61.9 Å². The first kappa shape index (κ1) is 14.7. The van der Waals surface area contributed by atoms with E-state index in [1.807, 2.05) is 30.3 Å². The average Bonchev–Trinajstić information content (AvgIpc) is 2.30. The van der Waals surface area contributed by atoms with Gasteiger partial charge in [0.2, 0.25) is 0 Å². The Hall–Kier alpha value is -1.29. The van der Waals surface area contributed by atoms with Gasteiger partial charge in [0.25, 0.3) is 0 Å². The van der Waals surface area contributed by atoms with E-state index in [4.69, 9.17) is 3.69 Å². The molecule has 0 aromatic heterocycles. The summed E-state index contributed by atoms with van der Waals surface area (Å²) in [5.74, 6) is 0. The molecular formula is C12H14O3Ti. The van der Waals surface area contributed by atoms with Crippen molar-refractivity contribution in [3.8, 4) is 0 Å². The van der Waals surface area contributed by atoms with E-state index in [9.17, 15) is 3.32 Å². The monoisotopic (exact) mass is 254 g/mol. The van der Waals surface area contributed by atoms with Gasteiger partial charge in [-0.05, 0) is 0 Å². The minimum absolute atomic E-state index is 0.942. The summed E-state index contributed by atoms with van der Waals surface area (Å²) in [4.78, 5) is 0. The van der Waals surface area contributed by atoms with E-state index < -0.39 is 18.6 Å². The van der Waals surface area contributed by atoms with Gasteiger partial charge in [-0.3, -0.25) is 0 Å². The summed E-state index contributed by atoms with van der Waals surface area (Å²) >= 11 is -3.38. The van der Waals surface area contributed by atoms with Crippen LogP contribution in [0.4, 0.5) is 0 Å². The first-order valence-electron chi connectivity index (χ1n) is 4.55. The molecule has 0 bridgehead atoms. The predicted octanol–water partition coefficient (Wildman–Crippen LogP) is 2.82. The van der Waals surface area contributed by atoms with E-state index in [1.54, 1.807) is 18.2 Å². The van der Waals surface area contributed by atoms with Gasteiger partial charge in [-0.25, -0.2) is 0 Å². The van der Waals surface area contributed by atoms with Crippen LogP contribution in [0.5, 0.6) is 0 Å². The molecule has 0 aliphatic heterocycles. The van der Waals surface area contributed by atoms with E-state index in [-0.39, 0.29) is 0 Å². The van der Waals surface area contributed by atoms with Crippen molar-refractivity contribution in [3.63, 3.8) is 0 Å². The van der Waals surface area contributed by atoms with Crippen molar-refractivity contribution < 1.29 is 28.9 Å². The molecule has 0 heterocycles. The van der Waals surface area contributed by atoms with Crippen LogP contribution in [0, 0.1) is 0 Å². The second-order valence-corrected chi connectivity index (χ2v) is 3.77. The summed E-state index contributed by atoms with van der Waals surface area (Å²) in [6, 6.07) is 9.42. The van der Waals surface area contributed by atoms with Gasteiger partial charge in [-0.2, -0.15) is 0 Å². The van der Waals surface area contributed by atoms with Crippen molar-refractivity contribution >= 4 is 6.08 Å². The van der Waals surface area contributed by atoms with Crippen LogP contribution in [0.25, 0.3) is 6.08 Å². The van der Waals surface area contributed by atoms with Gasteiger partial charge >= 0.3 is 77.2 Å². The normalized spacial score (nSPS) is 8.81. The molecule has 16 heavy (non-hydrogen) atoms. The molecule has 3 nitrogen and oxygen atoms in total. The summed E-state index contributed by atoms with van der Waals surface area (Å²) < 4.78 is 23.0. The van der Waals surface area contributed by atoms with E-state index in [0.717, 1.165) is 5.56 Å². The van der Waals surface area contributed by atoms with Gasteiger partial charge in [0.1, 0.15) is 0 Å². The Morgan fingerprint density at radius 1 is 1.19 bits per heavy atom. The zero-order valence-corrected chi connectivity index (χ0v) is 10.4. The Kier molecular flexibility index (Phi) is 9.42. The summed E-state index contributed by atoms with van der Waals surface area (Å²) in [7, 11) is 0. The third kappa shape index (κ3) is 9.28. The SMILES string of the molecule is C=CC=C.[O]=[Ti]([OH])[O]C=Cc1ccccc1. The molecule has 0 amide bonds. The second kappa shape index (κ2) is 10.2. The fraction of sp³-hybridized carbons (Fsp3) is 0. The number of rotatable bonds is 4. The van der Waals surface area contributed by atoms with Gasteiger partial charge in [0, 0.05) is 0 Å². The third-order valence-electron chi connectivity index (χ3n) is 1.40. The Balaban J connectivity index is 0.000000487. The molecule has 0 saturated carbocycles. The maximum atomic E-state index is 10.2. The molecule has 0 atom stereocenters. The van der Waals surface area contributed by atoms with Gasteiger partial charge in [0.05, 0.1) is 0 Å². The fourth-order valence-corrected chi connectivity index (χ4v) is 1.02. The van der Waals surface area contributed by atoms with Gasteiger partial charge in [-0.15, -0.1) is 0 Å². The van der Waals surface area contributed by atoms with E-state index >= 15 is 0 Å². The van der Waals surface area contributed by atoms with E-state index in [0.29, 0.717) is 0 Å². The van der Waals surface area contributed by atoms with Crippen molar-refractivity contribution in [1.29, 1.82) is 0 Å². The average molecular weight is 254 g/mol. The molecule has 0 aliphatic carbocycles. The number of allylic oxidation sites excluding steroid dienone is 2. The molecule has 0 saturated heterocycles. The van der Waals surface area contributed by atoms with Crippen LogP contribution in [-0.2, 0) is 25.3 Å². The molecule has 1 aromatic carbocycles. The summed E-state index contributed by atoms with van der Waals surface area (Å²) in [6.07, 6.45) is 6.17. The van der Waals surface area contributed by atoms with Crippen molar-refractivity contribution in [2.75, 3.05) is 0 Å². The maximum absolute atomic E-state index is 10.2. The van der Waals surface area contributed by atoms with Crippen LogP contribution < -0.4 is 0 Å². The van der Waals surface area contributed by atoms with E-state index in [2.05, 4.69) is 16.5 Å². The minimum atomic E-state index is -3.38. The zero-order valence-electron chi connectivity index (χ0n) is 8.87. The molecular weight excluding hydrogens is 240 g/mol. The Morgan fingerprint density at radius 3 is 2.19 bits per heavy atom. The van der Waals surface area contributed by atoms with Crippen molar-refractivity contribution in [3.05, 3.63) is 67.5 Å². The van der Waals surface area contributed by atoms with Crippen molar-refractivity contribution in [1.82, 2.24) is 0 Å². The molecule has 0 unspecified atom stereocenters. The third-order valence-corrected chi connectivity index (χ3v) is 1.92. The molecule has 1 rings (SSSR count). The number of hydrogen-bond donors (Lipinski definition) is 1. The summed E-state index contributed by atoms with van der Waals surface area (Å²) in [6.45, 7) is 6.72. The fourth-order valence-electron chi connectivity index (χ4n) is 0.735. The molecule has 84 valence electrons. The summed E-state index contributed by atoms with van der Waals surface area (Å²) in [5.41, 5.74) is 0.942. The van der Waals surface area contributed by atoms with Gasteiger partial charge in [-0.1, -0.05) is 25.3 Å². The Labute approximate surface area is 102 Å². The Morgan fingerprint density at radius 2 is 1.75 bits per heavy atom. The van der Waals surface area contributed by atoms with E-state index in [1.165, 1.54) is 6.26 Å². The second-order valence-electron chi connectivity index (χ2n) is 2.57. The number of benzene rings is 1. The Bertz CT molecular complexity index is 352. The van der Waals surface area contributed by atoms with Gasteiger partial charge in [0.15, 0.2) is 0 Å².